The van der Waals surface area contributed by atoms with E-state index in [0.717, 1.165) is 22.4 Å². The number of nitrogens with zero attached hydrogens (tertiary/aromatic N) is 2. The summed E-state index contributed by atoms with van der Waals surface area (Å²) in [5.41, 5.74) is 9.93. The molecule has 7 rings (SSSR count). The Balaban J connectivity index is 1.56. The fourth-order valence-corrected chi connectivity index (χ4v) is 6.11. The molecule has 40 heavy (non-hydrogen) atoms. The number of rotatable bonds is 4. The maximum Gasteiger partial charge on any atom is 0.249 e. The van der Waals surface area contributed by atoms with Crippen LogP contribution in [-0.2, 0) is 16.6 Å². The molecule has 2 aromatic carbocycles. The SMILES string of the molecule is CCC(O)c1coc(-c2nc3oc2[C@@]24c5ccccc5NC2Oc2ccc(cc24)C[C@H](N)C(=O)N[C@H]3C(C)C)n1. The minimum Gasteiger partial charge on any atom is -0.469 e. The van der Waals surface area contributed by atoms with Crippen LogP contribution in [0.5, 0.6) is 5.75 Å². The van der Waals surface area contributed by atoms with Crippen LogP contribution in [0.25, 0.3) is 11.6 Å². The van der Waals surface area contributed by atoms with E-state index in [-0.39, 0.29) is 17.7 Å². The van der Waals surface area contributed by atoms with Gasteiger partial charge < -0.3 is 35.0 Å². The molecule has 0 saturated carbocycles. The van der Waals surface area contributed by atoms with Gasteiger partial charge in [-0.15, -0.1) is 0 Å². The highest BCUT2D eigenvalue weighted by atomic mass is 16.5. The Kier molecular flexibility index (Phi) is 5.55. The number of nitrogens with one attached hydrogen (secondary N) is 2. The van der Waals surface area contributed by atoms with Crippen molar-refractivity contribution in [2.75, 3.05) is 5.32 Å². The van der Waals surface area contributed by atoms with Crippen molar-refractivity contribution >= 4 is 11.6 Å². The van der Waals surface area contributed by atoms with Gasteiger partial charge in [0.2, 0.25) is 17.7 Å². The number of ether oxygens (including phenoxy) is 1. The number of aliphatic hydroxyl groups excluding tert-OH is 1. The van der Waals surface area contributed by atoms with Gasteiger partial charge in [0.1, 0.15) is 29.2 Å². The molecule has 4 bridgehead atoms. The van der Waals surface area contributed by atoms with E-state index in [1.807, 2.05) is 57.2 Å². The molecule has 1 spiro atoms. The molecular formula is C30H31N5O5. The Bertz CT molecular complexity index is 1630. The summed E-state index contributed by atoms with van der Waals surface area (Å²) in [5.74, 6) is 1.38. The molecule has 3 aliphatic heterocycles. The Morgan fingerprint density at radius 1 is 1.15 bits per heavy atom. The number of benzene rings is 2. The standard InChI is InChI=1S/C30H31N5O5/c1-4-21(36)20-13-38-27(32-20)24-25-30-16-7-5-6-8-19(16)33-29(30)39-22-10-9-15(11-17(22)30)12-18(31)26(37)34-23(14(2)3)28(35-24)40-25/h5-11,13-14,18,21,23,29,33,36H,4,12,31H2,1-3H3,(H,34,37)/t18-,21?,23-,29?,30-/m0/s1. The van der Waals surface area contributed by atoms with Crippen LogP contribution >= 0.6 is 0 Å². The smallest absolute Gasteiger partial charge is 0.249 e. The van der Waals surface area contributed by atoms with Crippen molar-refractivity contribution in [3.05, 3.63) is 82.8 Å². The number of aromatic nitrogens is 2. The second kappa shape index (κ2) is 8.94. The third-order valence-corrected chi connectivity index (χ3v) is 8.22. The number of amides is 1. The third-order valence-electron chi connectivity index (χ3n) is 8.22. The first-order chi connectivity index (χ1) is 19.3. The van der Waals surface area contributed by atoms with E-state index in [1.54, 1.807) is 0 Å². The lowest BCUT2D eigenvalue weighted by atomic mass is 9.72. The first-order valence-corrected chi connectivity index (χ1v) is 13.7. The van der Waals surface area contributed by atoms with Gasteiger partial charge in [-0.25, -0.2) is 9.97 Å². The van der Waals surface area contributed by atoms with Gasteiger partial charge in [-0.3, -0.25) is 4.79 Å². The second-order valence-electron chi connectivity index (χ2n) is 11.1. The molecule has 206 valence electrons. The predicted octanol–water partition coefficient (Wildman–Crippen LogP) is 3.95. The second-order valence-corrected chi connectivity index (χ2v) is 11.1. The number of para-hydroxylation sites is 1. The van der Waals surface area contributed by atoms with E-state index in [0.29, 0.717) is 41.6 Å². The van der Waals surface area contributed by atoms with Crippen LogP contribution in [0.4, 0.5) is 5.69 Å². The van der Waals surface area contributed by atoms with Crippen molar-refractivity contribution in [2.24, 2.45) is 11.7 Å². The summed E-state index contributed by atoms with van der Waals surface area (Å²) in [6.07, 6.45) is 0.982. The summed E-state index contributed by atoms with van der Waals surface area (Å²) in [7, 11) is 0. The number of fused-ring (bicyclic) bond motifs is 4. The highest BCUT2D eigenvalue weighted by molar-refractivity contribution is 5.82. The Labute approximate surface area is 231 Å². The quantitative estimate of drug-likeness (QED) is 0.301. The van der Waals surface area contributed by atoms with Crippen molar-refractivity contribution in [2.45, 2.75) is 63.4 Å². The summed E-state index contributed by atoms with van der Waals surface area (Å²) in [6, 6.07) is 12.6. The molecule has 5 N–H and O–H groups in total. The maximum absolute atomic E-state index is 13.2. The fraction of sp³-hybridized carbons (Fsp3) is 0.367. The molecule has 0 aliphatic carbocycles. The highest BCUT2D eigenvalue weighted by Gasteiger charge is 2.61. The van der Waals surface area contributed by atoms with E-state index in [1.165, 1.54) is 6.26 Å². The van der Waals surface area contributed by atoms with Crippen molar-refractivity contribution in [3.63, 3.8) is 0 Å². The van der Waals surface area contributed by atoms with Gasteiger partial charge in [0.15, 0.2) is 17.7 Å². The number of carbonyl (C=O) groups excluding carboxylic acids is 1. The van der Waals surface area contributed by atoms with Crippen LogP contribution in [0, 0.1) is 5.92 Å². The first-order valence-electron chi connectivity index (χ1n) is 13.7. The number of anilines is 1. The third kappa shape index (κ3) is 3.45. The summed E-state index contributed by atoms with van der Waals surface area (Å²) >= 11 is 0. The van der Waals surface area contributed by atoms with Crippen LogP contribution in [0.3, 0.4) is 0 Å². The number of aliphatic hydroxyl groups is 1. The number of carbonyl (C=O) groups is 1. The fourth-order valence-electron chi connectivity index (χ4n) is 6.11. The zero-order chi connectivity index (χ0) is 27.8. The van der Waals surface area contributed by atoms with Crippen LogP contribution < -0.4 is 21.1 Å². The number of oxazole rings is 2. The van der Waals surface area contributed by atoms with Gasteiger partial charge in [0.25, 0.3) is 0 Å². The molecule has 0 radical (unpaired) electrons. The van der Waals surface area contributed by atoms with Crippen molar-refractivity contribution in [1.29, 1.82) is 0 Å². The molecule has 10 heteroatoms. The van der Waals surface area contributed by atoms with Crippen molar-refractivity contribution in [1.82, 2.24) is 15.3 Å². The Morgan fingerprint density at radius 2 is 1.98 bits per heavy atom. The molecule has 5 heterocycles. The first kappa shape index (κ1) is 24.9. The zero-order valence-electron chi connectivity index (χ0n) is 22.5. The average molecular weight is 542 g/mol. The van der Waals surface area contributed by atoms with Crippen LogP contribution in [0.15, 0.2) is 57.6 Å². The summed E-state index contributed by atoms with van der Waals surface area (Å²) < 4.78 is 19.2. The maximum atomic E-state index is 13.2. The van der Waals surface area contributed by atoms with E-state index in [4.69, 9.17) is 24.3 Å². The normalized spacial score (nSPS) is 25.2. The molecule has 4 aromatic rings. The largest absolute Gasteiger partial charge is 0.469 e. The lowest BCUT2D eigenvalue weighted by molar-refractivity contribution is -0.123. The summed E-state index contributed by atoms with van der Waals surface area (Å²) in [6.45, 7) is 5.84. The minimum absolute atomic E-state index is 0.0593. The van der Waals surface area contributed by atoms with Crippen LogP contribution in [-0.4, -0.2) is 33.3 Å². The summed E-state index contributed by atoms with van der Waals surface area (Å²) in [5, 5.41) is 17.1. The van der Waals surface area contributed by atoms with E-state index >= 15 is 0 Å². The van der Waals surface area contributed by atoms with Gasteiger partial charge in [-0.05, 0) is 42.0 Å². The summed E-state index contributed by atoms with van der Waals surface area (Å²) in [4.78, 5) is 22.8. The molecule has 3 aliphatic rings. The van der Waals surface area contributed by atoms with E-state index < -0.39 is 29.8 Å². The average Bonchev–Trinajstić information content (AvgIpc) is 3.71. The molecule has 5 atom stereocenters. The molecule has 2 aromatic heterocycles. The van der Waals surface area contributed by atoms with Crippen molar-refractivity contribution < 1.29 is 23.5 Å². The van der Waals surface area contributed by atoms with E-state index in [2.05, 4.69) is 21.7 Å². The lowest BCUT2D eigenvalue weighted by Crippen LogP contribution is -2.45. The number of hydrogen-bond donors (Lipinski definition) is 4. The van der Waals surface area contributed by atoms with Gasteiger partial charge in [-0.1, -0.05) is 51.1 Å². The van der Waals surface area contributed by atoms with E-state index in [9.17, 15) is 9.90 Å². The predicted molar refractivity (Wildman–Crippen MR) is 145 cm³/mol. The van der Waals surface area contributed by atoms with Crippen molar-refractivity contribution in [3.8, 4) is 17.3 Å². The molecule has 0 fully saturated rings. The molecule has 10 nitrogen and oxygen atoms in total. The molecule has 1 amide bonds. The lowest BCUT2D eigenvalue weighted by Gasteiger charge is -2.28. The highest BCUT2D eigenvalue weighted by Crippen LogP contribution is 2.59. The number of hydrogen-bond acceptors (Lipinski definition) is 9. The molecule has 2 unspecified atom stereocenters. The monoisotopic (exact) mass is 541 g/mol. The van der Waals surface area contributed by atoms with Gasteiger partial charge in [0.05, 0.1) is 12.1 Å². The van der Waals surface area contributed by atoms with Gasteiger partial charge in [-0.2, -0.15) is 0 Å². The van der Waals surface area contributed by atoms with Crippen LogP contribution in [0.2, 0.25) is 0 Å². The number of nitrogens with two attached hydrogens (primary N) is 1. The Hall–Kier alpha value is -4.15. The topological polar surface area (TPSA) is 149 Å². The minimum atomic E-state index is -0.935. The Morgan fingerprint density at radius 3 is 2.77 bits per heavy atom. The van der Waals surface area contributed by atoms with Crippen LogP contribution in [0.1, 0.15) is 73.4 Å². The zero-order valence-corrected chi connectivity index (χ0v) is 22.5. The van der Waals surface area contributed by atoms with Gasteiger partial charge in [0, 0.05) is 11.3 Å². The molecule has 0 saturated heterocycles. The van der Waals surface area contributed by atoms with Gasteiger partial charge >= 0.3 is 0 Å². The molecular weight excluding hydrogens is 510 g/mol.